The number of carbonyl (C=O) groups is 1. The number of benzene rings is 2. The van der Waals surface area contributed by atoms with Gasteiger partial charge in [-0.2, -0.15) is 4.98 Å². The van der Waals surface area contributed by atoms with Gasteiger partial charge in [0.2, 0.25) is 5.82 Å². The van der Waals surface area contributed by atoms with Gasteiger partial charge < -0.3 is 14.0 Å². The van der Waals surface area contributed by atoms with Crippen molar-refractivity contribution in [1.29, 1.82) is 0 Å². The predicted molar refractivity (Wildman–Crippen MR) is 86.3 cm³/mol. The third-order valence-electron chi connectivity index (χ3n) is 3.46. The molecule has 0 fully saturated rings. The summed E-state index contributed by atoms with van der Waals surface area (Å²) in [4.78, 5) is 15.6. The van der Waals surface area contributed by atoms with Crippen LogP contribution in [0.25, 0.3) is 11.5 Å². The second kappa shape index (κ2) is 7.62. The first-order valence-electron chi connectivity index (χ1n) is 7.45. The Morgan fingerprint density at radius 1 is 1.27 bits per heavy atom. The number of nitrogens with one attached hydrogen (secondary N) is 1. The number of halogens is 1. The second-order valence-electron chi connectivity index (χ2n) is 5.09. The number of ether oxygens (including phenoxy) is 2. The molecule has 0 radical (unpaired) electrons. The molecule has 3 aromatic rings. The molecule has 0 aliphatic rings. The Morgan fingerprint density at radius 2 is 2.08 bits per heavy atom. The Hall–Kier alpha value is -3.46. The Labute approximate surface area is 147 Å². The smallest absolute Gasteiger partial charge is 0.274 e. The van der Waals surface area contributed by atoms with Gasteiger partial charge in [0.15, 0.2) is 18.1 Å². The van der Waals surface area contributed by atoms with E-state index in [0.29, 0.717) is 5.75 Å². The van der Waals surface area contributed by atoms with E-state index >= 15 is 0 Å². The van der Waals surface area contributed by atoms with Crippen LogP contribution < -0.4 is 15.0 Å². The second-order valence-corrected chi connectivity index (χ2v) is 5.09. The molecule has 2 N–H and O–H groups in total. The van der Waals surface area contributed by atoms with Gasteiger partial charge in [0.25, 0.3) is 11.8 Å². The molecule has 0 saturated carbocycles. The molecule has 1 amide bonds. The van der Waals surface area contributed by atoms with Gasteiger partial charge in [-0.15, -0.1) is 0 Å². The van der Waals surface area contributed by atoms with E-state index in [1.54, 1.807) is 12.1 Å². The number of methoxy groups -OCH3 is 1. The van der Waals surface area contributed by atoms with Crippen molar-refractivity contribution in [2.45, 2.75) is 6.61 Å². The molecule has 0 spiro atoms. The summed E-state index contributed by atoms with van der Waals surface area (Å²) in [5, 5.41) is 12.5. The third-order valence-corrected chi connectivity index (χ3v) is 3.46. The van der Waals surface area contributed by atoms with Crippen LogP contribution in [0, 0.1) is 5.82 Å². The highest BCUT2D eigenvalue weighted by Crippen LogP contribution is 2.29. The zero-order valence-corrected chi connectivity index (χ0v) is 13.6. The van der Waals surface area contributed by atoms with Crippen LogP contribution in [0.3, 0.4) is 0 Å². The Bertz CT molecular complexity index is 928. The van der Waals surface area contributed by atoms with Crippen LogP contribution in [0.2, 0.25) is 0 Å². The number of carbonyl (C=O) groups excluding carboxylic acids is 1. The van der Waals surface area contributed by atoms with Crippen LogP contribution in [-0.4, -0.2) is 28.4 Å². The lowest BCUT2D eigenvalue weighted by Gasteiger charge is -2.10. The average molecular weight is 359 g/mol. The summed E-state index contributed by atoms with van der Waals surface area (Å²) < 4.78 is 29.5. The van der Waals surface area contributed by atoms with E-state index < -0.39 is 11.7 Å². The molecule has 0 saturated heterocycles. The van der Waals surface area contributed by atoms with Crippen LogP contribution in [0.5, 0.6) is 11.5 Å². The summed E-state index contributed by atoms with van der Waals surface area (Å²) >= 11 is 0. The number of rotatable bonds is 6. The van der Waals surface area contributed by atoms with Gasteiger partial charge in [0.05, 0.1) is 12.7 Å². The van der Waals surface area contributed by atoms with Crippen molar-refractivity contribution < 1.29 is 28.4 Å². The first-order valence-corrected chi connectivity index (χ1v) is 7.45. The number of aromatic nitrogens is 2. The first-order chi connectivity index (χ1) is 12.6. The van der Waals surface area contributed by atoms with Crippen LogP contribution in [0.4, 0.5) is 4.39 Å². The summed E-state index contributed by atoms with van der Waals surface area (Å²) in [6.45, 7) is -0.0987. The molecule has 0 aliphatic carbocycles. The first kappa shape index (κ1) is 17.4. The number of hydrogen-bond donors (Lipinski definition) is 2. The predicted octanol–water partition coefficient (Wildman–Crippen LogP) is 2.58. The summed E-state index contributed by atoms with van der Waals surface area (Å²) in [6.07, 6.45) is 0. The molecule has 0 bridgehead atoms. The molecule has 0 atom stereocenters. The SMILES string of the molecule is COc1ccc(C(=O)NO)cc1OCc1noc(-c2ccccc2F)n1. The van der Waals surface area contributed by atoms with Gasteiger partial charge in [-0.25, -0.2) is 9.87 Å². The maximum atomic E-state index is 13.8. The lowest BCUT2D eigenvalue weighted by molar-refractivity contribution is 0.0706. The number of nitrogens with zero attached hydrogens (tertiary/aromatic N) is 2. The Morgan fingerprint density at radius 3 is 2.81 bits per heavy atom. The standard InChI is InChI=1S/C17H14FN3O5/c1-24-13-7-6-10(16(22)20-23)8-14(13)25-9-15-19-17(26-21-15)11-4-2-3-5-12(11)18/h2-8,23H,9H2,1H3,(H,20,22). The largest absolute Gasteiger partial charge is 0.493 e. The zero-order chi connectivity index (χ0) is 18.5. The van der Waals surface area contributed by atoms with Gasteiger partial charge in [0.1, 0.15) is 5.82 Å². The van der Waals surface area contributed by atoms with E-state index in [2.05, 4.69) is 10.1 Å². The van der Waals surface area contributed by atoms with Crippen molar-refractivity contribution in [1.82, 2.24) is 15.6 Å². The van der Waals surface area contributed by atoms with Crippen LogP contribution in [0.15, 0.2) is 47.0 Å². The van der Waals surface area contributed by atoms with Crippen molar-refractivity contribution in [2.75, 3.05) is 7.11 Å². The quantitative estimate of drug-likeness (QED) is 0.514. The number of hydrogen-bond acceptors (Lipinski definition) is 7. The molecular weight excluding hydrogens is 345 g/mol. The lowest BCUT2D eigenvalue weighted by atomic mass is 10.2. The van der Waals surface area contributed by atoms with Crippen molar-refractivity contribution in [3.63, 3.8) is 0 Å². The van der Waals surface area contributed by atoms with Crippen LogP contribution >= 0.6 is 0 Å². The molecule has 9 heteroatoms. The fourth-order valence-corrected chi connectivity index (χ4v) is 2.19. The molecule has 134 valence electrons. The Kier molecular flexibility index (Phi) is 5.09. The van der Waals surface area contributed by atoms with Gasteiger partial charge in [-0.05, 0) is 30.3 Å². The fraction of sp³-hybridized carbons (Fsp3) is 0.118. The lowest BCUT2D eigenvalue weighted by Crippen LogP contribution is -2.18. The highest BCUT2D eigenvalue weighted by molar-refractivity contribution is 5.94. The number of hydroxylamine groups is 1. The third kappa shape index (κ3) is 3.62. The van der Waals surface area contributed by atoms with E-state index in [4.69, 9.17) is 19.2 Å². The summed E-state index contributed by atoms with van der Waals surface area (Å²) in [6, 6.07) is 10.4. The topological polar surface area (TPSA) is 107 Å². The highest BCUT2D eigenvalue weighted by atomic mass is 19.1. The minimum absolute atomic E-state index is 0.0297. The van der Waals surface area contributed by atoms with Crippen LogP contribution in [-0.2, 0) is 6.61 Å². The van der Waals surface area contributed by atoms with Crippen molar-refractivity contribution in [3.05, 3.63) is 59.7 Å². The van der Waals surface area contributed by atoms with Gasteiger partial charge in [-0.3, -0.25) is 10.0 Å². The monoisotopic (exact) mass is 359 g/mol. The minimum atomic E-state index is -0.695. The molecule has 1 heterocycles. The Balaban J connectivity index is 1.77. The molecule has 3 rings (SSSR count). The summed E-state index contributed by atoms with van der Waals surface area (Å²) in [5.41, 5.74) is 1.89. The molecule has 1 aromatic heterocycles. The molecule has 8 nitrogen and oxygen atoms in total. The molecular formula is C17H14FN3O5. The van der Waals surface area contributed by atoms with E-state index in [1.807, 2.05) is 0 Å². The van der Waals surface area contributed by atoms with E-state index in [9.17, 15) is 9.18 Å². The maximum Gasteiger partial charge on any atom is 0.274 e. The normalized spacial score (nSPS) is 10.4. The van der Waals surface area contributed by atoms with Gasteiger partial charge >= 0.3 is 0 Å². The maximum absolute atomic E-state index is 13.8. The zero-order valence-electron chi connectivity index (χ0n) is 13.6. The van der Waals surface area contributed by atoms with Crippen molar-refractivity contribution >= 4 is 5.91 Å². The minimum Gasteiger partial charge on any atom is -0.493 e. The number of amides is 1. The van der Waals surface area contributed by atoms with Gasteiger partial charge in [0, 0.05) is 5.56 Å². The molecule has 0 aliphatic heterocycles. The van der Waals surface area contributed by atoms with Crippen molar-refractivity contribution in [2.24, 2.45) is 0 Å². The average Bonchev–Trinajstić information content (AvgIpc) is 3.14. The summed E-state index contributed by atoms with van der Waals surface area (Å²) in [7, 11) is 1.44. The van der Waals surface area contributed by atoms with Crippen LogP contribution in [0.1, 0.15) is 16.2 Å². The van der Waals surface area contributed by atoms with Crippen molar-refractivity contribution in [3.8, 4) is 23.0 Å². The fourth-order valence-electron chi connectivity index (χ4n) is 2.19. The van der Waals surface area contributed by atoms with E-state index in [1.165, 1.54) is 42.9 Å². The molecule has 0 unspecified atom stereocenters. The molecule has 2 aromatic carbocycles. The highest BCUT2D eigenvalue weighted by Gasteiger charge is 2.15. The van der Waals surface area contributed by atoms with E-state index in [-0.39, 0.29) is 35.2 Å². The summed E-state index contributed by atoms with van der Waals surface area (Å²) in [5.74, 6) is -0.348. The van der Waals surface area contributed by atoms with Gasteiger partial charge in [-0.1, -0.05) is 17.3 Å². The van der Waals surface area contributed by atoms with E-state index in [0.717, 1.165) is 0 Å². The molecule has 26 heavy (non-hydrogen) atoms.